The Hall–Kier alpha value is -2.00. The normalized spacial score (nSPS) is 10.2. The smallest absolute Gasteiger partial charge is 0.251 e. The van der Waals surface area contributed by atoms with Gasteiger partial charge in [-0.05, 0) is 49.7 Å². The zero-order valence-corrected chi connectivity index (χ0v) is 12.9. The highest BCUT2D eigenvalue weighted by atomic mass is 35.5. The van der Waals surface area contributed by atoms with Gasteiger partial charge in [0.2, 0.25) is 0 Å². The lowest BCUT2D eigenvalue weighted by atomic mass is 10.1. The van der Waals surface area contributed by atoms with Gasteiger partial charge in [0.15, 0.2) is 0 Å². The van der Waals surface area contributed by atoms with Crippen molar-refractivity contribution in [1.29, 1.82) is 0 Å². The highest BCUT2D eigenvalue weighted by Crippen LogP contribution is 2.20. The second-order valence-corrected chi connectivity index (χ2v) is 5.29. The van der Waals surface area contributed by atoms with Crippen molar-refractivity contribution in [3.8, 4) is 5.75 Å². The molecule has 1 amide bonds. The fourth-order valence-electron chi connectivity index (χ4n) is 1.93. The van der Waals surface area contributed by atoms with Crippen molar-refractivity contribution < 1.29 is 9.53 Å². The molecule has 0 saturated carbocycles. The van der Waals surface area contributed by atoms with E-state index >= 15 is 0 Å². The molecule has 2 aromatic carbocycles. The summed E-state index contributed by atoms with van der Waals surface area (Å²) in [5.41, 5.74) is 2.70. The van der Waals surface area contributed by atoms with E-state index in [4.69, 9.17) is 16.3 Å². The van der Waals surface area contributed by atoms with Crippen LogP contribution in [0.25, 0.3) is 0 Å². The number of carbonyl (C=O) groups is 1. The highest BCUT2D eigenvalue weighted by molar-refractivity contribution is 6.31. The summed E-state index contributed by atoms with van der Waals surface area (Å²) in [5.74, 6) is 0.663. The average Bonchev–Trinajstić information content (AvgIpc) is 2.47. The summed E-state index contributed by atoms with van der Waals surface area (Å²) in [4.78, 5) is 11.9. The first-order valence-corrected chi connectivity index (χ1v) is 7.18. The van der Waals surface area contributed by atoms with Crippen molar-refractivity contribution in [3.63, 3.8) is 0 Å². The van der Waals surface area contributed by atoms with E-state index in [1.165, 1.54) is 0 Å². The Kier molecular flexibility index (Phi) is 5.23. The molecule has 0 aliphatic heterocycles. The van der Waals surface area contributed by atoms with E-state index in [1.54, 1.807) is 12.1 Å². The molecule has 110 valence electrons. The molecule has 2 rings (SSSR count). The third kappa shape index (κ3) is 4.50. The number of amides is 1. The van der Waals surface area contributed by atoms with Crippen LogP contribution in [0.1, 0.15) is 21.5 Å². The van der Waals surface area contributed by atoms with Crippen LogP contribution >= 0.6 is 11.6 Å². The number of benzene rings is 2. The highest BCUT2D eigenvalue weighted by Gasteiger charge is 2.04. The molecule has 0 fully saturated rings. The van der Waals surface area contributed by atoms with Crippen molar-refractivity contribution in [1.82, 2.24) is 5.32 Å². The predicted octanol–water partition coefficient (Wildman–Crippen LogP) is 3.77. The van der Waals surface area contributed by atoms with E-state index in [1.807, 2.05) is 44.2 Å². The summed E-state index contributed by atoms with van der Waals surface area (Å²) in [7, 11) is 0. The van der Waals surface area contributed by atoms with Crippen LogP contribution in [0.2, 0.25) is 5.02 Å². The monoisotopic (exact) mass is 303 g/mol. The molecule has 2 aromatic rings. The van der Waals surface area contributed by atoms with E-state index < -0.39 is 0 Å². The Morgan fingerprint density at radius 3 is 2.71 bits per heavy atom. The van der Waals surface area contributed by atoms with Gasteiger partial charge < -0.3 is 10.1 Å². The van der Waals surface area contributed by atoms with E-state index in [0.717, 1.165) is 21.9 Å². The van der Waals surface area contributed by atoms with Gasteiger partial charge in [-0.1, -0.05) is 29.3 Å². The molecule has 0 spiro atoms. The van der Waals surface area contributed by atoms with Crippen LogP contribution in [0.5, 0.6) is 5.75 Å². The van der Waals surface area contributed by atoms with E-state index in [0.29, 0.717) is 18.7 Å². The molecule has 0 atom stereocenters. The standard InChI is InChI=1S/C17H18ClNO2/c1-12-4-3-5-14(10-12)17(20)19-8-9-21-15-6-7-16(18)13(2)11-15/h3-7,10-11H,8-9H2,1-2H3,(H,19,20). The van der Waals surface area contributed by atoms with Crippen LogP contribution in [0, 0.1) is 13.8 Å². The van der Waals surface area contributed by atoms with Crippen LogP contribution in [0.15, 0.2) is 42.5 Å². The molecule has 1 N–H and O–H groups in total. The minimum absolute atomic E-state index is 0.0883. The topological polar surface area (TPSA) is 38.3 Å². The molecule has 21 heavy (non-hydrogen) atoms. The molecule has 0 aliphatic carbocycles. The minimum Gasteiger partial charge on any atom is -0.492 e. The van der Waals surface area contributed by atoms with Gasteiger partial charge in [0.1, 0.15) is 12.4 Å². The molecule has 3 nitrogen and oxygen atoms in total. The summed E-state index contributed by atoms with van der Waals surface area (Å²) < 4.78 is 5.58. The number of ether oxygens (including phenoxy) is 1. The minimum atomic E-state index is -0.0883. The molecular weight excluding hydrogens is 286 g/mol. The maximum atomic E-state index is 11.9. The molecule has 0 unspecified atom stereocenters. The molecule has 0 saturated heterocycles. The summed E-state index contributed by atoms with van der Waals surface area (Å²) in [5, 5.41) is 3.55. The number of aryl methyl sites for hydroxylation is 2. The number of rotatable bonds is 5. The molecule has 0 aliphatic rings. The largest absolute Gasteiger partial charge is 0.492 e. The molecule has 0 heterocycles. The molecule has 0 radical (unpaired) electrons. The van der Waals surface area contributed by atoms with Crippen molar-refractivity contribution in [2.75, 3.05) is 13.2 Å². The zero-order valence-electron chi connectivity index (χ0n) is 12.2. The average molecular weight is 304 g/mol. The first-order chi connectivity index (χ1) is 10.1. The fraction of sp³-hybridized carbons (Fsp3) is 0.235. The third-order valence-electron chi connectivity index (χ3n) is 3.07. The Morgan fingerprint density at radius 1 is 1.19 bits per heavy atom. The van der Waals surface area contributed by atoms with Crippen LogP contribution in [0.3, 0.4) is 0 Å². The Morgan fingerprint density at radius 2 is 2.00 bits per heavy atom. The molecule has 0 aromatic heterocycles. The number of hydrogen-bond donors (Lipinski definition) is 1. The first-order valence-electron chi connectivity index (χ1n) is 6.80. The van der Waals surface area contributed by atoms with Gasteiger partial charge in [-0.2, -0.15) is 0 Å². The molecule has 0 bridgehead atoms. The van der Waals surface area contributed by atoms with Crippen LogP contribution < -0.4 is 10.1 Å². The van der Waals surface area contributed by atoms with Gasteiger partial charge in [-0.15, -0.1) is 0 Å². The van der Waals surface area contributed by atoms with Crippen LogP contribution in [0.4, 0.5) is 0 Å². The summed E-state index contributed by atoms with van der Waals surface area (Å²) >= 11 is 5.95. The Balaban J connectivity index is 1.79. The van der Waals surface area contributed by atoms with Gasteiger partial charge >= 0.3 is 0 Å². The predicted molar refractivity (Wildman–Crippen MR) is 85.2 cm³/mol. The molecular formula is C17H18ClNO2. The summed E-state index contributed by atoms with van der Waals surface area (Å²) in [6.07, 6.45) is 0. The lowest BCUT2D eigenvalue weighted by Crippen LogP contribution is -2.28. The van der Waals surface area contributed by atoms with E-state index in [2.05, 4.69) is 5.32 Å². The Labute approximate surface area is 129 Å². The quantitative estimate of drug-likeness (QED) is 0.854. The molecule has 4 heteroatoms. The van der Waals surface area contributed by atoms with Gasteiger partial charge in [-0.25, -0.2) is 0 Å². The van der Waals surface area contributed by atoms with Gasteiger partial charge in [0.25, 0.3) is 5.91 Å². The first kappa shape index (κ1) is 15.4. The summed E-state index contributed by atoms with van der Waals surface area (Å²) in [6.45, 7) is 4.75. The maximum absolute atomic E-state index is 11.9. The second-order valence-electron chi connectivity index (χ2n) is 4.88. The van der Waals surface area contributed by atoms with Crippen molar-refractivity contribution >= 4 is 17.5 Å². The lowest BCUT2D eigenvalue weighted by Gasteiger charge is -2.09. The number of hydrogen-bond acceptors (Lipinski definition) is 2. The number of halogens is 1. The fourth-order valence-corrected chi connectivity index (χ4v) is 2.05. The van der Waals surface area contributed by atoms with Crippen LogP contribution in [-0.4, -0.2) is 19.1 Å². The maximum Gasteiger partial charge on any atom is 0.251 e. The number of nitrogens with one attached hydrogen (secondary N) is 1. The summed E-state index contributed by atoms with van der Waals surface area (Å²) in [6, 6.07) is 13.0. The second kappa shape index (κ2) is 7.14. The van der Waals surface area contributed by atoms with Gasteiger partial charge in [0.05, 0.1) is 6.54 Å². The lowest BCUT2D eigenvalue weighted by molar-refractivity contribution is 0.0947. The zero-order chi connectivity index (χ0) is 15.2. The van der Waals surface area contributed by atoms with Crippen LogP contribution in [-0.2, 0) is 0 Å². The van der Waals surface area contributed by atoms with Crippen molar-refractivity contribution in [3.05, 3.63) is 64.2 Å². The van der Waals surface area contributed by atoms with Crippen molar-refractivity contribution in [2.24, 2.45) is 0 Å². The van der Waals surface area contributed by atoms with E-state index in [9.17, 15) is 4.79 Å². The number of carbonyl (C=O) groups excluding carboxylic acids is 1. The SMILES string of the molecule is Cc1cccc(C(=O)NCCOc2ccc(Cl)c(C)c2)c1. The van der Waals surface area contributed by atoms with Gasteiger partial charge in [-0.3, -0.25) is 4.79 Å². The van der Waals surface area contributed by atoms with Crippen molar-refractivity contribution in [2.45, 2.75) is 13.8 Å². The third-order valence-corrected chi connectivity index (χ3v) is 3.49. The van der Waals surface area contributed by atoms with E-state index in [-0.39, 0.29) is 5.91 Å². The Bertz CT molecular complexity index is 640. The van der Waals surface area contributed by atoms with Gasteiger partial charge in [0, 0.05) is 10.6 Å².